The fourth-order valence-corrected chi connectivity index (χ4v) is 5.30. The average molecular weight is 566 g/mol. The molecule has 1 aliphatic heterocycles. The van der Waals surface area contributed by atoms with Crippen LogP contribution in [0.4, 0.5) is 5.69 Å². The largest absolute Gasteiger partial charge is 0.493 e. The Kier molecular flexibility index (Phi) is 8.71. The minimum Gasteiger partial charge on any atom is -0.493 e. The number of amides is 2. The molecule has 1 fully saturated rings. The predicted octanol–water partition coefficient (Wildman–Crippen LogP) is 5.55. The summed E-state index contributed by atoms with van der Waals surface area (Å²) < 4.78 is 12.9. The molecule has 1 aliphatic rings. The number of pyridine rings is 1. The molecular weight excluding hydrogens is 530 g/mol. The number of piperidine rings is 1. The highest BCUT2D eigenvalue weighted by molar-refractivity contribution is 6.05. The van der Waals surface area contributed by atoms with Gasteiger partial charge in [-0.3, -0.25) is 14.4 Å². The van der Waals surface area contributed by atoms with Gasteiger partial charge in [0, 0.05) is 37.6 Å². The maximum absolute atomic E-state index is 13.2. The Labute approximate surface area is 245 Å². The first-order valence-corrected chi connectivity index (χ1v) is 14.1. The minimum absolute atomic E-state index is 0.209. The molecule has 8 nitrogen and oxygen atoms in total. The Morgan fingerprint density at radius 2 is 1.62 bits per heavy atom. The van der Waals surface area contributed by atoms with Gasteiger partial charge in [-0.25, -0.2) is 0 Å². The molecule has 1 N–H and O–H groups in total. The standard InChI is InChI=1S/C34H35N3O5/c1-23-20-30(41-3)31(42-22-24-8-5-4-6-9-24)21-29(23)32(38)35-27-13-11-25(12-14-27)26-15-18-37(19-16-26)34(40)28-10-7-17-36(2)33(28)39/h4-14,17,20-21,26H,15-16,18-19,22H2,1-3H3,(H,35,38). The van der Waals surface area contributed by atoms with E-state index in [2.05, 4.69) is 5.32 Å². The lowest BCUT2D eigenvalue weighted by Gasteiger charge is -2.32. The highest BCUT2D eigenvalue weighted by atomic mass is 16.5. The molecule has 0 radical (unpaired) electrons. The van der Waals surface area contributed by atoms with Crippen LogP contribution in [0.5, 0.6) is 11.5 Å². The van der Waals surface area contributed by atoms with Crippen molar-refractivity contribution >= 4 is 17.5 Å². The molecule has 42 heavy (non-hydrogen) atoms. The molecule has 0 bridgehead atoms. The zero-order valence-electron chi connectivity index (χ0n) is 24.1. The maximum atomic E-state index is 13.2. The number of hydrogen-bond donors (Lipinski definition) is 1. The Balaban J connectivity index is 1.20. The van der Waals surface area contributed by atoms with Crippen LogP contribution in [-0.2, 0) is 13.7 Å². The highest BCUT2D eigenvalue weighted by Gasteiger charge is 2.26. The van der Waals surface area contributed by atoms with Crippen molar-refractivity contribution in [2.24, 2.45) is 7.05 Å². The minimum atomic E-state index is -0.275. The fraction of sp³-hybridized carbons (Fsp3) is 0.265. The summed E-state index contributed by atoms with van der Waals surface area (Å²) in [6.07, 6.45) is 3.26. The van der Waals surface area contributed by atoms with Gasteiger partial charge in [0.1, 0.15) is 12.2 Å². The second-order valence-electron chi connectivity index (χ2n) is 10.6. The van der Waals surface area contributed by atoms with Crippen LogP contribution in [0, 0.1) is 6.92 Å². The van der Waals surface area contributed by atoms with Gasteiger partial charge in [-0.15, -0.1) is 0 Å². The first-order valence-electron chi connectivity index (χ1n) is 14.1. The first-order chi connectivity index (χ1) is 20.3. The number of aryl methyl sites for hydroxylation is 2. The van der Waals surface area contributed by atoms with Crippen LogP contribution in [0.25, 0.3) is 0 Å². The first kappa shape index (κ1) is 28.7. The van der Waals surface area contributed by atoms with E-state index < -0.39 is 0 Å². The van der Waals surface area contributed by atoms with Crippen LogP contribution in [-0.4, -0.2) is 41.5 Å². The number of methoxy groups -OCH3 is 1. The van der Waals surface area contributed by atoms with Crippen molar-refractivity contribution in [2.75, 3.05) is 25.5 Å². The van der Waals surface area contributed by atoms with Crippen molar-refractivity contribution in [1.82, 2.24) is 9.47 Å². The summed E-state index contributed by atoms with van der Waals surface area (Å²) in [5, 5.41) is 3.00. The van der Waals surface area contributed by atoms with E-state index in [1.165, 1.54) is 4.57 Å². The summed E-state index contributed by atoms with van der Waals surface area (Å²) in [5.74, 6) is 0.931. The molecule has 0 unspecified atom stereocenters. The SMILES string of the molecule is COc1cc(C)c(C(=O)Nc2ccc(C3CCN(C(=O)c4cccn(C)c4=O)CC3)cc2)cc1OCc1ccccc1. The monoisotopic (exact) mass is 565 g/mol. The van der Waals surface area contributed by atoms with Crippen LogP contribution in [0.15, 0.2) is 89.9 Å². The van der Waals surface area contributed by atoms with Crippen LogP contribution in [0.1, 0.15) is 56.2 Å². The van der Waals surface area contributed by atoms with Crippen LogP contribution < -0.4 is 20.3 Å². The molecule has 216 valence electrons. The molecule has 2 heterocycles. The van der Waals surface area contributed by atoms with Crippen LogP contribution in [0.2, 0.25) is 0 Å². The van der Waals surface area contributed by atoms with Gasteiger partial charge in [0.25, 0.3) is 17.4 Å². The van der Waals surface area contributed by atoms with Crippen LogP contribution >= 0.6 is 0 Å². The fourth-order valence-electron chi connectivity index (χ4n) is 5.30. The number of nitrogens with one attached hydrogen (secondary N) is 1. The molecule has 0 atom stereocenters. The van der Waals surface area contributed by atoms with Crippen molar-refractivity contribution in [3.8, 4) is 11.5 Å². The number of aromatic nitrogens is 1. The van der Waals surface area contributed by atoms with E-state index >= 15 is 0 Å². The maximum Gasteiger partial charge on any atom is 0.263 e. The number of rotatable bonds is 8. The van der Waals surface area contributed by atoms with E-state index in [1.54, 1.807) is 43.5 Å². The summed E-state index contributed by atoms with van der Waals surface area (Å²) in [6.45, 7) is 3.41. The third-order valence-corrected chi connectivity index (χ3v) is 7.77. The van der Waals surface area contributed by atoms with Gasteiger partial charge >= 0.3 is 0 Å². The lowest BCUT2D eigenvalue weighted by atomic mass is 9.89. The van der Waals surface area contributed by atoms with Gasteiger partial charge in [-0.05, 0) is 78.8 Å². The molecule has 8 heteroatoms. The topological polar surface area (TPSA) is 89.9 Å². The van der Waals surface area contributed by atoms with Crippen molar-refractivity contribution in [3.05, 3.63) is 123 Å². The van der Waals surface area contributed by atoms with Gasteiger partial charge in [0.2, 0.25) is 0 Å². The Bertz CT molecular complexity index is 1620. The zero-order valence-corrected chi connectivity index (χ0v) is 24.1. The smallest absolute Gasteiger partial charge is 0.263 e. The quantitative estimate of drug-likeness (QED) is 0.303. The van der Waals surface area contributed by atoms with Crippen molar-refractivity contribution in [3.63, 3.8) is 0 Å². The van der Waals surface area contributed by atoms with E-state index in [0.717, 1.165) is 29.5 Å². The van der Waals surface area contributed by atoms with E-state index in [4.69, 9.17) is 9.47 Å². The van der Waals surface area contributed by atoms with Crippen molar-refractivity contribution < 1.29 is 19.1 Å². The van der Waals surface area contributed by atoms with Crippen molar-refractivity contribution in [2.45, 2.75) is 32.3 Å². The molecule has 3 aromatic carbocycles. The van der Waals surface area contributed by atoms with Crippen LogP contribution in [0.3, 0.4) is 0 Å². The molecule has 0 aliphatic carbocycles. The number of benzene rings is 3. The molecule has 5 rings (SSSR count). The van der Waals surface area contributed by atoms with Gasteiger partial charge in [0.15, 0.2) is 11.5 Å². The van der Waals surface area contributed by atoms with E-state index in [-0.39, 0.29) is 22.9 Å². The molecule has 1 saturated heterocycles. The lowest BCUT2D eigenvalue weighted by Crippen LogP contribution is -2.40. The number of anilines is 1. The number of carbonyl (C=O) groups is 2. The predicted molar refractivity (Wildman–Crippen MR) is 162 cm³/mol. The zero-order chi connectivity index (χ0) is 29.6. The van der Waals surface area contributed by atoms with E-state index in [9.17, 15) is 14.4 Å². The molecule has 1 aromatic heterocycles. The van der Waals surface area contributed by atoms with E-state index in [1.807, 2.05) is 67.6 Å². The Morgan fingerprint density at radius 3 is 2.31 bits per heavy atom. The normalized spacial score (nSPS) is 13.5. The molecule has 0 spiro atoms. The average Bonchev–Trinajstić information content (AvgIpc) is 3.02. The molecule has 2 amide bonds. The summed E-state index contributed by atoms with van der Waals surface area (Å²) >= 11 is 0. The van der Waals surface area contributed by atoms with Crippen molar-refractivity contribution in [1.29, 1.82) is 0 Å². The second kappa shape index (κ2) is 12.8. The van der Waals surface area contributed by atoms with E-state index in [0.29, 0.717) is 48.4 Å². The summed E-state index contributed by atoms with van der Waals surface area (Å²) in [5.41, 5.74) is 4.09. The molecule has 0 saturated carbocycles. The summed E-state index contributed by atoms with van der Waals surface area (Å²) in [6, 6.07) is 24.5. The van der Waals surface area contributed by atoms with Gasteiger partial charge in [-0.2, -0.15) is 0 Å². The van der Waals surface area contributed by atoms with Gasteiger partial charge in [0.05, 0.1) is 7.11 Å². The van der Waals surface area contributed by atoms with Gasteiger partial charge < -0.3 is 24.3 Å². The third kappa shape index (κ3) is 6.38. The van der Waals surface area contributed by atoms with Gasteiger partial charge in [-0.1, -0.05) is 42.5 Å². The Hall–Kier alpha value is -4.85. The third-order valence-electron chi connectivity index (χ3n) is 7.77. The number of likely N-dealkylation sites (tertiary alicyclic amines) is 1. The second-order valence-corrected chi connectivity index (χ2v) is 10.6. The molecule has 4 aromatic rings. The Morgan fingerprint density at radius 1 is 0.905 bits per heavy atom. The lowest BCUT2D eigenvalue weighted by molar-refractivity contribution is 0.0710. The summed E-state index contributed by atoms with van der Waals surface area (Å²) in [4.78, 5) is 40.3. The molecular formula is C34H35N3O5. The highest BCUT2D eigenvalue weighted by Crippen LogP contribution is 2.32. The number of hydrogen-bond acceptors (Lipinski definition) is 5. The summed E-state index contributed by atoms with van der Waals surface area (Å²) in [7, 11) is 3.23. The number of carbonyl (C=O) groups excluding carboxylic acids is 2. The number of ether oxygens (including phenoxy) is 2. The number of nitrogens with zero attached hydrogens (tertiary/aromatic N) is 2.